The number of aromatic nitrogens is 1. The van der Waals surface area contributed by atoms with Crippen molar-refractivity contribution in [2.75, 3.05) is 6.61 Å². The van der Waals surface area contributed by atoms with Gasteiger partial charge in [0, 0.05) is 17.5 Å². The second-order valence-corrected chi connectivity index (χ2v) is 9.55. The van der Waals surface area contributed by atoms with E-state index in [1.807, 2.05) is 80.1 Å². The maximum atomic E-state index is 12.8. The van der Waals surface area contributed by atoms with Gasteiger partial charge in [-0.25, -0.2) is 0 Å². The lowest BCUT2D eigenvalue weighted by atomic mass is 10.1. The number of rotatable bonds is 6. The number of carbonyl (C=O) groups is 1. The Morgan fingerprint density at radius 3 is 2.60 bits per heavy atom. The van der Waals surface area contributed by atoms with E-state index in [0.29, 0.717) is 18.3 Å². The predicted octanol–water partition coefficient (Wildman–Crippen LogP) is 5.16. The summed E-state index contributed by atoms with van der Waals surface area (Å²) in [5.41, 5.74) is 5.39. The SMILES string of the molecule is Cc1cc(C)cc(OCCn2cccc2/C=C2/C(=N)N3N=C(c4cccc(C)c4)SC3=NC2=O)c1. The van der Waals surface area contributed by atoms with Crippen LogP contribution in [0.15, 0.2) is 76.5 Å². The minimum atomic E-state index is -0.436. The minimum absolute atomic E-state index is 0.0226. The second-order valence-electron chi connectivity index (χ2n) is 8.59. The number of amidine groups is 2. The Balaban J connectivity index is 1.33. The third-order valence-corrected chi connectivity index (χ3v) is 6.63. The van der Waals surface area contributed by atoms with Gasteiger partial charge >= 0.3 is 0 Å². The molecule has 3 heterocycles. The van der Waals surface area contributed by atoms with Crippen LogP contribution in [0.3, 0.4) is 0 Å². The van der Waals surface area contributed by atoms with Crippen molar-refractivity contribution in [3.63, 3.8) is 0 Å². The Hall–Kier alpha value is -3.91. The maximum absolute atomic E-state index is 12.8. The van der Waals surface area contributed by atoms with Crippen molar-refractivity contribution in [2.45, 2.75) is 27.3 Å². The van der Waals surface area contributed by atoms with Crippen LogP contribution in [-0.4, -0.2) is 38.1 Å². The van der Waals surface area contributed by atoms with Crippen LogP contribution < -0.4 is 4.74 Å². The molecule has 0 radical (unpaired) electrons. The number of carbonyl (C=O) groups excluding carboxylic acids is 1. The molecule has 3 aromatic rings. The normalized spacial score (nSPS) is 16.4. The van der Waals surface area contributed by atoms with Crippen molar-refractivity contribution in [1.82, 2.24) is 9.58 Å². The number of ether oxygens (including phenoxy) is 1. The first-order valence-corrected chi connectivity index (χ1v) is 12.1. The van der Waals surface area contributed by atoms with Gasteiger partial charge in [0.2, 0.25) is 5.17 Å². The van der Waals surface area contributed by atoms with E-state index in [0.717, 1.165) is 38.7 Å². The van der Waals surface area contributed by atoms with E-state index in [-0.39, 0.29) is 11.4 Å². The molecule has 2 aromatic carbocycles. The average Bonchev–Trinajstić information content (AvgIpc) is 3.43. The zero-order valence-electron chi connectivity index (χ0n) is 19.8. The summed E-state index contributed by atoms with van der Waals surface area (Å²) >= 11 is 1.30. The van der Waals surface area contributed by atoms with E-state index in [1.165, 1.54) is 16.8 Å². The van der Waals surface area contributed by atoms with Crippen molar-refractivity contribution < 1.29 is 9.53 Å². The number of amides is 1. The molecule has 0 bridgehead atoms. The van der Waals surface area contributed by atoms with Crippen molar-refractivity contribution in [3.05, 3.63) is 94.3 Å². The molecule has 1 N–H and O–H groups in total. The summed E-state index contributed by atoms with van der Waals surface area (Å²) in [7, 11) is 0. The van der Waals surface area contributed by atoms with Crippen LogP contribution in [0.2, 0.25) is 0 Å². The quantitative estimate of drug-likeness (QED) is 0.491. The van der Waals surface area contributed by atoms with Crippen LogP contribution in [0.1, 0.15) is 27.9 Å². The van der Waals surface area contributed by atoms with Crippen LogP contribution in [0.5, 0.6) is 5.75 Å². The summed E-state index contributed by atoms with van der Waals surface area (Å²) in [6, 6.07) is 17.9. The largest absolute Gasteiger partial charge is 0.492 e. The monoisotopic (exact) mass is 483 g/mol. The Morgan fingerprint density at radius 2 is 1.83 bits per heavy atom. The highest BCUT2D eigenvalue weighted by Crippen LogP contribution is 2.31. The number of hydrazone groups is 1. The molecule has 8 heteroatoms. The van der Waals surface area contributed by atoms with Crippen molar-refractivity contribution >= 4 is 39.8 Å². The smallest absolute Gasteiger partial charge is 0.283 e. The first-order chi connectivity index (χ1) is 16.9. The number of aliphatic imine (C=N–C) groups is 1. The van der Waals surface area contributed by atoms with Crippen LogP contribution >= 0.6 is 11.8 Å². The summed E-state index contributed by atoms with van der Waals surface area (Å²) in [6.07, 6.45) is 3.63. The van der Waals surface area contributed by atoms with Gasteiger partial charge in [0.05, 0.1) is 12.1 Å². The Bertz CT molecular complexity index is 1410. The molecule has 176 valence electrons. The second kappa shape index (κ2) is 9.38. The van der Waals surface area contributed by atoms with Crippen molar-refractivity contribution in [1.29, 1.82) is 5.41 Å². The molecular weight excluding hydrogens is 458 g/mol. The van der Waals surface area contributed by atoms with Gasteiger partial charge in [-0.1, -0.05) is 29.8 Å². The van der Waals surface area contributed by atoms with Gasteiger partial charge < -0.3 is 9.30 Å². The summed E-state index contributed by atoms with van der Waals surface area (Å²) in [4.78, 5) is 17.0. The van der Waals surface area contributed by atoms with Gasteiger partial charge in [0.1, 0.15) is 17.4 Å². The lowest BCUT2D eigenvalue weighted by Crippen LogP contribution is -2.35. The first kappa shape index (κ1) is 22.9. The Kier molecular flexibility index (Phi) is 6.13. The molecule has 5 rings (SSSR count). The van der Waals surface area contributed by atoms with Crippen molar-refractivity contribution in [3.8, 4) is 5.75 Å². The summed E-state index contributed by atoms with van der Waals surface area (Å²) in [6.45, 7) is 7.20. The fourth-order valence-electron chi connectivity index (χ4n) is 4.07. The molecule has 2 aliphatic rings. The number of fused-ring (bicyclic) bond motifs is 1. The molecule has 1 amide bonds. The van der Waals surface area contributed by atoms with Gasteiger partial charge in [-0.05, 0) is 80.1 Å². The number of benzene rings is 2. The number of hydrogen-bond donors (Lipinski definition) is 1. The third kappa shape index (κ3) is 4.83. The fraction of sp³-hybridized carbons (Fsp3) is 0.185. The Labute approximate surface area is 208 Å². The number of nitrogens with one attached hydrogen (secondary N) is 1. The highest BCUT2D eigenvalue weighted by atomic mass is 32.2. The Morgan fingerprint density at radius 1 is 1.03 bits per heavy atom. The maximum Gasteiger partial charge on any atom is 0.283 e. The number of thioether (sulfide) groups is 1. The van der Waals surface area contributed by atoms with E-state index < -0.39 is 5.91 Å². The third-order valence-electron chi connectivity index (χ3n) is 5.67. The molecule has 0 saturated carbocycles. The fourth-order valence-corrected chi connectivity index (χ4v) is 4.96. The minimum Gasteiger partial charge on any atom is -0.492 e. The number of hydrogen-bond acceptors (Lipinski definition) is 5. The van der Waals surface area contributed by atoms with Crippen LogP contribution in [-0.2, 0) is 11.3 Å². The van der Waals surface area contributed by atoms with Gasteiger partial charge in [-0.2, -0.15) is 15.1 Å². The van der Waals surface area contributed by atoms with E-state index in [9.17, 15) is 4.79 Å². The van der Waals surface area contributed by atoms with Crippen molar-refractivity contribution in [2.24, 2.45) is 10.1 Å². The zero-order valence-corrected chi connectivity index (χ0v) is 20.6. The highest BCUT2D eigenvalue weighted by Gasteiger charge is 2.36. The number of aryl methyl sites for hydroxylation is 3. The van der Waals surface area contributed by atoms with Crippen LogP contribution in [0.4, 0.5) is 0 Å². The van der Waals surface area contributed by atoms with Gasteiger partial charge in [0.25, 0.3) is 5.91 Å². The molecular formula is C27H25N5O2S. The molecule has 0 saturated heterocycles. The molecule has 0 aliphatic carbocycles. The highest BCUT2D eigenvalue weighted by molar-refractivity contribution is 8.27. The summed E-state index contributed by atoms with van der Waals surface area (Å²) < 4.78 is 7.94. The van der Waals surface area contributed by atoms with Crippen LogP contribution in [0, 0.1) is 26.2 Å². The van der Waals surface area contributed by atoms with E-state index in [1.54, 1.807) is 6.08 Å². The molecule has 0 spiro atoms. The van der Waals surface area contributed by atoms with Gasteiger partial charge in [-0.3, -0.25) is 10.2 Å². The first-order valence-electron chi connectivity index (χ1n) is 11.3. The molecule has 35 heavy (non-hydrogen) atoms. The van der Waals surface area contributed by atoms with Gasteiger partial charge in [0.15, 0.2) is 5.84 Å². The number of nitrogens with zero attached hydrogens (tertiary/aromatic N) is 4. The summed E-state index contributed by atoms with van der Waals surface area (Å²) in [5, 5.41) is 15.8. The van der Waals surface area contributed by atoms with E-state index in [2.05, 4.69) is 16.2 Å². The summed E-state index contributed by atoms with van der Waals surface area (Å²) in [5.74, 6) is 0.428. The predicted molar refractivity (Wildman–Crippen MR) is 141 cm³/mol. The lowest BCUT2D eigenvalue weighted by Gasteiger charge is -2.20. The standard InChI is InChI=1S/C27H25N5O2S/c1-17-6-4-7-20(13-17)26-30-32-24(28)23(25(33)29-27(32)35-26)16-21-8-5-9-31(21)10-11-34-22-14-18(2)12-19(3)15-22/h4-9,12-16,28H,10-11H2,1-3H3/b23-16-,28-24?. The molecule has 0 fully saturated rings. The topological polar surface area (TPSA) is 83.0 Å². The van der Waals surface area contributed by atoms with Gasteiger partial charge in [-0.15, -0.1) is 0 Å². The average molecular weight is 484 g/mol. The van der Waals surface area contributed by atoms with Crippen LogP contribution in [0.25, 0.3) is 6.08 Å². The molecule has 2 aliphatic heterocycles. The lowest BCUT2D eigenvalue weighted by molar-refractivity contribution is -0.114. The van der Waals surface area contributed by atoms with E-state index in [4.69, 9.17) is 10.1 Å². The molecule has 7 nitrogen and oxygen atoms in total. The zero-order chi connectivity index (χ0) is 24.5. The van der Waals surface area contributed by atoms with E-state index >= 15 is 0 Å². The molecule has 0 atom stereocenters. The molecule has 0 unspecified atom stereocenters. The molecule has 1 aromatic heterocycles.